The van der Waals surface area contributed by atoms with Gasteiger partial charge in [0.25, 0.3) is 0 Å². The molecule has 1 aromatic heterocycles. The molecule has 2 aromatic rings. The van der Waals surface area contributed by atoms with Crippen molar-refractivity contribution in [2.75, 3.05) is 34.0 Å². The summed E-state index contributed by atoms with van der Waals surface area (Å²) in [7, 11) is 3.49. The molecular formula is C30H34N4O3. The number of methoxy groups -OCH3 is 2. The van der Waals surface area contributed by atoms with Gasteiger partial charge in [0.1, 0.15) is 18.2 Å². The van der Waals surface area contributed by atoms with Crippen LogP contribution in [0.25, 0.3) is 17.3 Å². The van der Waals surface area contributed by atoms with Crippen LogP contribution in [0.3, 0.4) is 0 Å². The summed E-state index contributed by atoms with van der Waals surface area (Å²) in [5.41, 5.74) is 7.70. The summed E-state index contributed by atoms with van der Waals surface area (Å²) < 4.78 is 16.9. The van der Waals surface area contributed by atoms with Gasteiger partial charge in [0.05, 0.1) is 31.4 Å². The van der Waals surface area contributed by atoms with Gasteiger partial charge in [-0.3, -0.25) is 0 Å². The molecule has 3 atom stereocenters. The van der Waals surface area contributed by atoms with Gasteiger partial charge in [0.2, 0.25) is 0 Å². The van der Waals surface area contributed by atoms with E-state index in [0.717, 1.165) is 54.0 Å². The fourth-order valence-corrected chi connectivity index (χ4v) is 5.71. The quantitative estimate of drug-likeness (QED) is 0.304. The first-order valence-electron chi connectivity index (χ1n) is 13.1. The van der Waals surface area contributed by atoms with Crippen LogP contribution in [0.1, 0.15) is 30.7 Å². The molecule has 0 saturated heterocycles. The van der Waals surface area contributed by atoms with E-state index in [4.69, 9.17) is 19.6 Å². The molecule has 3 unspecified atom stereocenters. The van der Waals surface area contributed by atoms with Gasteiger partial charge in [0.15, 0.2) is 0 Å². The molecule has 192 valence electrons. The second-order valence-corrected chi connectivity index (χ2v) is 10.3. The van der Waals surface area contributed by atoms with Crippen LogP contribution >= 0.6 is 0 Å². The molecule has 2 saturated carbocycles. The van der Waals surface area contributed by atoms with Crippen molar-refractivity contribution < 1.29 is 14.2 Å². The van der Waals surface area contributed by atoms with E-state index in [1.807, 2.05) is 12.3 Å². The first-order valence-corrected chi connectivity index (χ1v) is 13.1. The lowest BCUT2D eigenvalue weighted by Crippen LogP contribution is -2.22. The van der Waals surface area contributed by atoms with Crippen LogP contribution in [-0.2, 0) is 16.0 Å². The van der Waals surface area contributed by atoms with Crippen LogP contribution in [0.4, 0.5) is 0 Å². The monoisotopic (exact) mass is 498 g/mol. The third kappa shape index (κ3) is 5.14. The van der Waals surface area contributed by atoms with E-state index < -0.39 is 0 Å². The highest BCUT2D eigenvalue weighted by molar-refractivity contribution is 5.75. The maximum Gasteiger partial charge on any atom is 0.130 e. The van der Waals surface area contributed by atoms with Crippen molar-refractivity contribution in [1.82, 2.24) is 14.9 Å². The van der Waals surface area contributed by atoms with Gasteiger partial charge in [0, 0.05) is 55.9 Å². The Bertz CT molecular complexity index is 1320. The first kappa shape index (κ1) is 23.8. The number of aromatic amines is 1. The number of ether oxygens (including phenoxy) is 3. The van der Waals surface area contributed by atoms with Crippen LogP contribution in [0.5, 0.6) is 5.75 Å². The number of nitrogens with zero attached hydrogens (tertiary/aromatic N) is 2. The highest BCUT2D eigenvalue weighted by Crippen LogP contribution is 2.53. The molecule has 2 N–H and O–H groups in total. The minimum absolute atomic E-state index is 0.501. The molecule has 0 bridgehead atoms. The van der Waals surface area contributed by atoms with Crippen molar-refractivity contribution in [2.45, 2.75) is 25.8 Å². The Kier molecular flexibility index (Phi) is 6.47. The number of aromatic nitrogens is 2. The van der Waals surface area contributed by atoms with E-state index in [1.54, 1.807) is 31.9 Å². The smallest absolute Gasteiger partial charge is 0.130 e. The molecule has 37 heavy (non-hydrogen) atoms. The molecule has 7 heteroatoms. The molecule has 4 aliphatic rings. The molecule has 3 aliphatic carbocycles. The minimum Gasteiger partial charge on any atom is -0.501 e. The zero-order valence-corrected chi connectivity index (χ0v) is 21.5. The highest BCUT2D eigenvalue weighted by Gasteiger charge is 2.44. The van der Waals surface area contributed by atoms with Crippen molar-refractivity contribution in [2.24, 2.45) is 17.8 Å². The number of H-pyrrole nitrogens is 1. The summed E-state index contributed by atoms with van der Waals surface area (Å²) in [4.78, 5) is 10.3. The van der Waals surface area contributed by atoms with Crippen molar-refractivity contribution >= 4 is 12.3 Å². The number of imidazole rings is 1. The first-order chi connectivity index (χ1) is 18.1. The molecule has 0 amide bonds. The van der Waals surface area contributed by atoms with Crippen molar-refractivity contribution in [3.8, 4) is 17.0 Å². The van der Waals surface area contributed by atoms with Crippen LogP contribution in [0, 0.1) is 23.2 Å². The van der Waals surface area contributed by atoms with Gasteiger partial charge in [-0.2, -0.15) is 0 Å². The van der Waals surface area contributed by atoms with Crippen molar-refractivity contribution in [1.29, 1.82) is 5.41 Å². The number of nitrogens with one attached hydrogen (secondary N) is 2. The molecular weight excluding hydrogens is 464 g/mol. The summed E-state index contributed by atoms with van der Waals surface area (Å²) >= 11 is 0. The Labute approximate surface area is 218 Å². The molecule has 2 fully saturated rings. The predicted molar refractivity (Wildman–Crippen MR) is 144 cm³/mol. The van der Waals surface area contributed by atoms with Crippen LogP contribution < -0.4 is 4.74 Å². The molecule has 1 aliphatic heterocycles. The molecule has 0 spiro atoms. The van der Waals surface area contributed by atoms with Gasteiger partial charge < -0.3 is 29.5 Å². The van der Waals surface area contributed by atoms with E-state index >= 15 is 0 Å². The van der Waals surface area contributed by atoms with Crippen LogP contribution in [0.15, 0.2) is 65.2 Å². The maximum absolute atomic E-state index is 7.21. The highest BCUT2D eigenvalue weighted by atomic mass is 16.5. The van der Waals surface area contributed by atoms with Gasteiger partial charge in [-0.05, 0) is 71.9 Å². The lowest BCUT2D eigenvalue weighted by atomic mass is 10.0. The summed E-state index contributed by atoms with van der Waals surface area (Å²) in [5, 5.41) is 7.21. The maximum atomic E-state index is 7.21. The van der Waals surface area contributed by atoms with Crippen LogP contribution in [-0.4, -0.2) is 55.1 Å². The van der Waals surface area contributed by atoms with Crippen molar-refractivity contribution in [3.63, 3.8) is 0 Å². The Hall–Kier alpha value is -3.58. The molecule has 6 rings (SSSR count). The minimum atomic E-state index is 0.501. The normalized spacial score (nSPS) is 23.5. The standard InChI is InChI=1S/C30H34N4O3/c1-35-6-7-37-24-10-20(9-22(13-24)27-16-32-30(33-27)4-3-5-31)17-34-18-23-15-25(23)28(34)11-19-8-21-14-26(21)29(12-19)36-2/h3-5,8-10,12-13,16,21,23,26,31H,6-7,11,14-15,17-18H2,1-2H3,(H,32,33)/b4-3-,31-5?. The number of hydrogen-bond donors (Lipinski definition) is 2. The Morgan fingerprint density at radius 1 is 1.22 bits per heavy atom. The zero-order valence-electron chi connectivity index (χ0n) is 21.5. The Morgan fingerprint density at radius 3 is 2.97 bits per heavy atom. The molecule has 2 heterocycles. The average Bonchev–Trinajstić information content (AvgIpc) is 3.77. The van der Waals surface area contributed by atoms with Crippen LogP contribution in [0.2, 0.25) is 0 Å². The number of fused-ring (bicyclic) bond motifs is 2. The van der Waals surface area contributed by atoms with E-state index in [2.05, 4.69) is 39.2 Å². The predicted octanol–water partition coefficient (Wildman–Crippen LogP) is 5.35. The second-order valence-electron chi connectivity index (χ2n) is 10.3. The third-order valence-electron chi connectivity index (χ3n) is 7.71. The lowest BCUT2D eigenvalue weighted by Gasteiger charge is -2.26. The SMILES string of the molecule is COCCOc1cc(CN2CC3CC3=C2CC2=CC3CC3C(OC)=C2)cc(-c2cnc(/C=C\C=N)[nH]2)c1. The lowest BCUT2D eigenvalue weighted by molar-refractivity contribution is 0.146. The Morgan fingerprint density at radius 2 is 2.14 bits per heavy atom. The summed E-state index contributed by atoms with van der Waals surface area (Å²) in [5.74, 6) is 4.71. The number of hydrogen-bond acceptors (Lipinski definition) is 6. The van der Waals surface area contributed by atoms with Gasteiger partial charge in [-0.1, -0.05) is 6.08 Å². The van der Waals surface area contributed by atoms with Gasteiger partial charge >= 0.3 is 0 Å². The topological polar surface area (TPSA) is 83.5 Å². The Balaban J connectivity index is 1.23. The van der Waals surface area contributed by atoms with Gasteiger partial charge in [-0.25, -0.2) is 4.98 Å². The average molecular weight is 499 g/mol. The number of rotatable bonds is 12. The fourth-order valence-electron chi connectivity index (χ4n) is 5.71. The molecule has 1 aromatic carbocycles. The number of benzene rings is 1. The van der Waals surface area contributed by atoms with E-state index in [9.17, 15) is 0 Å². The second kappa shape index (κ2) is 10.1. The van der Waals surface area contributed by atoms with E-state index in [1.165, 1.54) is 35.9 Å². The van der Waals surface area contributed by atoms with E-state index in [-0.39, 0.29) is 0 Å². The third-order valence-corrected chi connectivity index (χ3v) is 7.71. The summed E-state index contributed by atoms with van der Waals surface area (Å²) in [6.45, 7) is 2.98. The van der Waals surface area contributed by atoms with E-state index in [0.29, 0.717) is 25.0 Å². The van der Waals surface area contributed by atoms with Gasteiger partial charge in [-0.15, -0.1) is 0 Å². The largest absolute Gasteiger partial charge is 0.501 e. The number of allylic oxidation sites excluding steroid dienone is 5. The van der Waals surface area contributed by atoms with Crippen molar-refractivity contribution in [3.05, 3.63) is 76.6 Å². The fraction of sp³-hybridized carbons (Fsp3) is 0.400. The zero-order chi connectivity index (χ0) is 25.4. The molecule has 7 nitrogen and oxygen atoms in total. The summed E-state index contributed by atoms with van der Waals surface area (Å²) in [6, 6.07) is 6.42. The molecule has 0 radical (unpaired) electrons. The summed E-state index contributed by atoms with van der Waals surface area (Å²) in [6.07, 6.45) is 14.7.